The first kappa shape index (κ1) is 15.6. The van der Waals surface area contributed by atoms with Crippen LogP contribution in [0.3, 0.4) is 0 Å². The summed E-state index contributed by atoms with van der Waals surface area (Å²) in [5, 5.41) is 3.05. The van der Waals surface area contributed by atoms with Crippen LogP contribution in [0.4, 0.5) is 5.69 Å². The van der Waals surface area contributed by atoms with Gasteiger partial charge < -0.3 is 16.8 Å². The van der Waals surface area contributed by atoms with E-state index in [-0.39, 0.29) is 0 Å². The molecule has 114 valence electrons. The van der Waals surface area contributed by atoms with Crippen LogP contribution in [0.15, 0.2) is 47.5 Å². The average molecular weight is 296 g/mol. The number of primary amides is 1. The third-order valence-corrected chi connectivity index (χ3v) is 3.42. The molecule has 0 atom stereocenters. The summed E-state index contributed by atoms with van der Waals surface area (Å²) >= 11 is 0. The number of nitrogens with zero attached hydrogens (tertiary/aromatic N) is 1. The second-order valence-electron chi connectivity index (χ2n) is 5.19. The summed E-state index contributed by atoms with van der Waals surface area (Å²) in [6.07, 6.45) is 0. The Hall–Kier alpha value is -2.82. The molecule has 0 aliphatic heterocycles. The molecule has 0 unspecified atom stereocenters. The van der Waals surface area contributed by atoms with Gasteiger partial charge in [0.15, 0.2) is 5.96 Å². The second-order valence-corrected chi connectivity index (χ2v) is 5.19. The fraction of sp³-hybridized carbons (Fsp3) is 0.176. The molecule has 0 bridgehead atoms. The van der Waals surface area contributed by atoms with Crippen molar-refractivity contribution in [1.82, 2.24) is 0 Å². The number of rotatable bonds is 4. The van der Waals surface area contributed by atoms with E-state index in [4.69, 9.17) is 11.5 Å². The topological polar surface area (TPSA) is 93.5 Å². The number of amides is 1. The maximum Gasteiger partial charge on any atom is 0.248 e. The molecule has 2 aromatic carbocycles. The van der Waals surface area contributed by atoms with Crippen molar-refractivity contribution in [2.24, 2.45) is 16.5 Å². The predicted molar refractivity (Wildman–Crippen MR) is 89.8 cm³/mol. The van der Waals surface area contributed by atoms with Crippen LogP contribution in [-0.4, -0.2) is 11.9 Å². The third kappa shape index (κ3) is 4.09. The zero-order valence-corrected chi connectivity index (χ0v) is 12.8. The number of hydrogen-bond donors (Lipinski definition) is 3. The van der Waals surface area contributed by atoms with E-state index < -0.39 is 5.91 Å². The molecule has 0 saturated carbocycles. The van der Waals surface area contributed by atoms with Crippen molar-refractivity contribution >= 4 is 17.6 Å². The number of aryl methyl sites for hydroxylation is 2. The third-order valence-electron chi connectivity index (χ3n) is 3.42. The van der Waals surface area contributed by atoms with Crippen molar-refractivity contribution in [3.05, 3.63) is 64.7 Å². The molecule has 5 heteroatoms. The molecule has 0 radical (unpaired) electrons. The molecule has 1 amide bonds. The molecule has 0 aliphatic rings. The first-order valence-electron chi connectivity index (χ1n) is 6.98. The van der Waals surface area contributed by atoms with Crippen LogP contribution in [-0.2, 0) is 6.54 Å². The monoisotopic (exact) mass is 296 g/mol. The number of carbonyl (C=O) groups is 1. The SMILES string of the molecule is Cc1ccc(NC(N)=NCc2cccc(C(N)=O)c2)cc1C. The highest BCUT2D eigenvalue weighted by Crippen LogP contribution is 2.14. The number of hydrogen-bond acceptors (Lipinski definition) is 2. The number of benzene rings is 2. The van der Waals surface area contributed by atoms with E-state index in [0.717, 1.165) is 11.3 Å². The van der Waals surface area contributed by atoms with Gasteiger partial charge in [-0.15, -0.1) is 0 Å². The summed E-state index contributed by atoms with van der Waals surface area (Å²) in [4.78, 5) is 15.4. The number of guanidine groups is 1. The Morgan fingerprint density at radius 3 is 2.55 bits per heavy atom. The van der Waals surface area contributed by atoms with Gasteiger partial charge in [0.2, 0.25) is 5.91 Å². The van der Waals surface area contributed by atoms with Crippen LogP contribution in [0.5, 0.6) is 0 Å². The van der Waals surface area contributed by atoms with Crippen molar-refractivity contribution in [1.29, 1.82) is 0 Å². The van der Waals surface area contributed by atoms with Gasteiger partial charge >= 0.3 is 0 Å². The molecule has 0 saturated heterocycles. The van der Waals surface area contributed by atoms with E-state index in [2.05, 4.69) is 17.2 Å². The van der Waals surface area contributed by atoms with Gasteiger partial charge in [0.05, 0.1) is 6.54 Å². The van der Waals surface area contributed by atoms with E-state index in [9.17, 15) is 4.79 Å². The molecule has 5 N–H and O–H groups in total. The highest BCUT2D eigenvalue weighted by atomic mass is 16.1. The highest BCUT2D eigenvalue weighted by molar-refractivity contribution is 5.93. The molecular formula is C17H20N4O. The number of nitrogens with one attached hydrogen (secondary N) is 1. The van der Waals surface area contributed by atoms with Crippen molar-refractivity contribution < 1.29 is 4.79 Å². The van der Waals surface area contributed by atoms with Crippen molar-refractivity contribution in [3.8, 4) is 0 Å². The summed E-state index contributed by atoms with van der Waals surface area (Å²) < 4.78 is 0. The number of anilines is 1. The summed E-state index contributed by atoms with van der Waals surface area (Å²) in [5.74, 6) is -0.125. The van der Waals surface area contributed by atoms with E-state index >= 15 is 0 Å². The maximum absolute atomic E-state index is 11.1. The molecule has 0 spiro atoms. The molecule has 0 aliphatic carbocycles. The first-order chi connectivity index (χ1) is 10.5. The van der Waals surface area contributed by atoms with Crippen molar-refractivity contribution in [2.45, 2.75) is 20.4 Å². The van der Waals surface area contributed by atoms with E-state index in [1.165, 1.54) is 11.1 Å². The van der Waals surface area contributed by atoms with Gasteiger partial charge in [-0.25, -0.2) is 4.99 Å². The Bertz CT molecular complexity index is 722. The first-order valence-corrected chi connectivity index (χ1v) is 6.98. The molecule has 0 aromatic heterocycles. The Morgan fingerprint density at radius 1 is 1.09 bits per heavy atom. The minimum absolute atomic E-state index is 0.327. The van der Waals surface area contributed by atoms with Crippen molar-refractivity contribution in [3.63, 3.8) is 0 Å². The van der Waals surface area contributed by atoms with Gasteiger partial charge in [0, 0.05) is 11.3 Å². The minimum atomic E-state index is -0.452. The van der Waals surface area contributed by atoms with Crippen LogP contribution >= 0.6 is 0 Å². The Balaban J connectivity index is 2.04. The minimum Gasteiger partial charge on any atom is -0.370 e. The summed E-state index contributed by atoms with van der Waals surface area (Å²) in [6, 6.07) is 13.0. The normalized spacial score (nSPS) is 11.3. The average Bonchev–Trinajstić information content (AvgIpc) is 2.49. The van der Waals surface area contributed by atoms with E-state index in [1.54, 1.807) is 18.2 Å². The van der Waals surface area contributed by atoms with Gasteiger partial charge in [0.25, 0.3) is 0 Å². The summed E-state index contributed by atoms with van der Waals surface area (Å²) in [7, 11) is 0. The number of nitrogens with two attached hydrogens (primary N) is 2. The lowest BCUT2D eigenvalue weighted by Gasteiger charge is -2.08. The summed E-state index contributed by atoms with van der Waals surface area (Å²) in [6.45, 7) is 4.48. The molecule has 0 fully saturated rings. The molecule has 0 heterocycles. The van der Waals surface area contributed by atoms with Crippen molar-refractivity contribution in [2.75, 3.05) is 5.32 Å². The Kier molecular flexibility index (Phi) is 4.78. The zero-order chi connectivity index (χ0) is 16.1. The fourth-order valence-electron chi connectivity index (χ4n) is 2.01. The standard InChI is InChI=1S/C17H20N4O/c1-11-6-7-15(8-12(11)2)21-17(19)20-10-13-4-3-5-14(9-13)16(18)22/h3-9H,10H2,1-2H3,(H2,18,22)(H3,19,20,21). The molecule has 5 nitrogen and oxygen atoms in total. The quantitative estimate of drug-likeness (QED) is 0.597. The van der Waals surface area contributed by atoms with Crippen LogP contribution in [0.25, 0.3) is 0 Å². The lowest BCUT2D eigenvalue weighted by Crippen LogP contribution is -2.22. The molecule has 2 rings (SSSR count). The van der Waals surface area contributed by atoms with Crippen LogP contribution in [0, 0.1) is 13.8 Å². The number of aliphatic imine (C=N–C) groups is 1. The lowest BCUT2D eigenvalue weighted by molar-refractivity contribution is 0.1000. The van der Waals surface area contributed by atoms with Crippen LogP contribution in [0.2, 0.25) is 0 Å². The molecular weight excluding hydrogens is 276 g/mol. The molecule has 22 heavy (non-hydrogen) atoms. The van der Waals surface area contributed by atoms with Gasteiger partial charge in [-0.3, -0.25) is 4.79 Å². The van der Waals surface area contributed by atoms with E-state index in [1.807, 2.05) is 31.2 Å². The second kappa shape index (κ2) is 6.76. The zero-order valence-electron chi connectivity index (χ0n) is 12.8. The Morgan fingerprint density at radius 2 is 1.86 bits per heavy atom. The molecule has 2 aromatic rings. The highest BCUT2D eigenvalue weighted by Gasteiger charge is 2.02. The van der Waals surface area contributed by atoms with Gasteiger partial charge in [-0.2, -0.15) is 0 Å². The van der Waals surface area contributed by atoms with E-state index in [0.29, 0.717) is 18.1 Å². The van der Waals surface area contributed by atoms with Crippen LogP contribution < -0.4 is 16.8 Å². The van der Waals surface area contributed by atoms with Gasteiger partial charge in [0.1, 0.15) is 0 Å². The van der Waals surface area contributed by atoms with Gasteiger partial charge in [-0.1, -0.05) is 18.2 Å². The fourth-order valence-corrected chi connectivity index (χ4v) is 2.01. The smallest absolute Gasteiger partial charge is 0.248 e. The Labute approximate surface area is 130 Å². The lowest BCUT2D eigenvalue weighted by atomic mass is 10.1. The van der Waals surface area contributed by atoms with Gasteiger partial charge in [-0.05, 0) is 54.8 Å². The predicted octanol–water partition coefficient (Wildman–Crippen LogP) is 2.33. The largest absolute Gasteiger partial charge is 0.370 e. The summed E-state index contributed by atoms with van der Waals surface area (Å²) in [5.41, 5.74) is 15.8. The maximum atomic E-state index is 11.1. The van der Waals surface area contributed by atoms with Crippen LogP contribution in [0.1, 0.15) is 27.0 Å². The number of carbonyl (C=O) groups excluding carboxylic acids is 1.